The highest BCUT2D eigenvalue weighted by molar-refractivity contribution is 7.62. The van der Waals surface area contributed by atoms with Crippen molar-refractivity contribution in [2.75, 3.05) is 0 Å². The Hall–Kier alpha value is -2.61. The first kappa shape index (κ1) is 48.4. The molecule has 1 fully saturated rings. The Bertz CT molecular complexity index is 2000. The molecule has 1 aliphatic rings. The summed E-state index contributed by atoms with van der Waals surface area (Å²) in [5, 5.41) is 4.95. The van der Waals surface area contributed by atoms with Gasteiger partial charge in [0.25, 0.3) is 0 Å². The highest BCUT2D eigenvalue weighted by Gasteiger charge is 2.55. The van der Waals surface area contributed by atoms with Gasteiger partial charge >= 0.3 is 7.94 Å². The minimum atomic E-state index is -3.57. The largest absolute Gasteiger partial charge is 0.498 e. The SMILES string of the molecule is CCC(C)(C)c1cc(C(C)(C)CC)c2cc(O[P+](O)(Oc3cc4c(C(C)(C)CC)cc(C(C)(C)CC)cc4cc3C(C)(C)CC)C3CCCCC3)c(C(C)(C)CC)cc2c1. The maximum Gasteiger partial charge on any atom is 0.498 e. The predicted octanol–water partition coefficient (Wildman–Crippen LogP) is 17.7. The molecule has 0 heterocycles. The van der Waals surface area contributed by atoms with Crippen LogP contribution in [0.5, 0.6) is 11.5 Å². The summed E-state index contributed by atoms with van der Waals surface area (Å²) in [6.07, 6.45) is 11.2. The molecule has 0 unspecified atom stereocenters. The van der Waals surface area contributed by atoms with Gasteiger partial charge in [0, 0.05) is 11.1 Å². The van der Waals surface area contributed by atoms with Crippen molar-refractivity contribution in [3.8, 4) is 11.5 Å². The van der Waals surface area contributed by atoms with Crippen molar-refractivity contribution in [1.29, 1.82) is 0 Å². The fraction of sp³-hybridized carbons (Fsp3) is 0.643. The van der Waals surface area contributed by atoms with Gasteiger partial charge in [-0.05, 0) is 165 Å². The first-order valence-electron chi connectivity index (χ1n) is 24.0. The molecule has 0 radical (unpaired) electrons. The third-order valence-corrected chi connectivity index (χ3v) is 18.7. The van der Waals surface area contributed by atoms with Gasteiger partial charge in [0.1, 0.15) is 0 Å². The van der Waals surface area contributed by atoms with E-state index < -0.39 is 7.94 Å². The normalized spacial score (nSPS) is 15.6. The summed E-state index contributed by atoms with van der Waals surface area (Å²) in [4.78, 5) is 13.6. The van der Waals surface area contributed by atoms with Crippen LogP contribution in [0.4, 0.5) is 0 Å². The van der Waals surface area contributed by atoms with Gasteiger partial charge in [-0.25, -0.2) is 0 Å². The van der Waals surface area contributed by atoms with Crippen molar-refractivity contribution in [3.63, 3.8) is 0 Å². The van der Waals surface area contributed by atoms with E-state index >= 15 is 0 Å². The molecule has 1 saturated carbocycles. The predicted molar refractivity (Wildman–Crippen MR) is 265 cm³/mol. The number of benzene rings is 4. The molecule has 4 aromatic carbocycles. The van der Waals surface area contributed by atoms with E-state index in [0.717, 1.165) is 86.8 Å². The van der Waals surface area contributed by atoms with Crippen LogP contribution < -0.4 is 9.05 Å². The molecule has 0 amide bonds. The van der Waals surface area contributed by atoms with Gasteiger partial charge in [0.2, 0.25) is 0 Å². The summed E-state index contributed by atoms with van der Waals surface area (Å²) in [5.41, 5.74) is 7.29. The van der Waals surface area contributed by atoms with Crippen LogP contribution in [0.3, 0.4) is 0 Å². The van der Waals surface area contributed by atoms with Gasteiger partial charge in [-0.2, -0.15) is 4.89 Å². The second kappa shape index (κ2) is 17.5. The second-order valence-electron chi connectivity index (χ2n) is 22.6. The second-order valence-corrected chi connectivity index (χ2v) is 24.9. The summed E-state index contributed by atoms with van der Waals surface area (Å²) < 4.78 is 14.9. The van der Waals surface area contributed by atoms with Crippen molar-refractivity contribution >= 4 is 29.5 Å². The van der Waals surface area contributed by atoms with Gasteiger partial charge in [-0.3, -0.25) is 9.05 Å². The van der Waals surface area contributed by atoms with Gasteiger partial charge in [0.05, 0.1) is 0 Å². The Morgan fingerprint density at radius 1 is 0.433 bits per heavy atom. The average Bonchev–Trinajstić information content (AvgIpc) is 3.22. The van der Waals surface area contributed by atoms with Gasteiger partial charge in [-0.15, -0.1) is 0 Å². The topological polar surface area (TPSA) is 38.7 Å². The maximum absolute atomic E-state index is 13.6. The van der Waals surface area contributed by atoms with E-state index in [1.54, 1.807) is 0 Å². The molecule has 0 saturated heterocycles. The lowest BCUT2D eigenvalue weighted by molar-refractivity contribution is 0.305. The van der Waals surface area contributed by atoms with Crippen molar-refractivity contribution in [2.24, 2.45) is 0 Å². The lowest BCUT2D eigenvalue weighted by atomic mass is 9.73. The monoisotopic (exact) mass is 838 g/mol. The van der Waals surface area contributed by atoms with Crippen LogP contribution in [-0.4, -0.2) is 10.6 Å². The molecule has 60 heavy (non-hydrogen) atoms. The molecule has 0 atom stereocenters. The van der Waals surface area contributed by atoms with E-state index in [4.69, 9.17) is 9.05 Å². The highest BCUT2D eigenvalue weighted by Crippen LogP contribution is 2.66. The molecule has 1 aliphatic carbocycles. The average molecular weight is 838 g/mol. The minimum Gasteiger partial charge on any atom is -0.277 e. The molecule has 0 aromatic heterocycles. The first-order valence-corrected chi connectivity index (χ1v) is 25.7. The van der Waals surface area contributed by atoms with Gasteiger partial charge in [-0.1, -0.05) is 155 Å². The van der Waals surface area contributed by atoms with Crippen LogP contribution in [0.1, 0.15) is 229 Å². The smallest absolute Gasteiger partial charge is 0.277 e. The van der Waals surface area contributed by atoms with Crippen LogP contribution in [0, 0.1) is 0 Å². The Labute approximate surface area is 368 Å². The van der Waals surface area contributed by atoms with E-state index in [1.165, 1.54) is 50.2 Å². The highest BCUT2D eigenvalue weighted by atomic mass is 31.2. The van der Waals surface area contributed by atoms with Crippen molar-refractivity contribution in [3.05, 3.63) is 81.9 Å². The Balaban J connectivity index is 1.84. The van der Waals surface area contributed by atoms with E-state index in [2.05, 4.69) is 173 Å². The summed E-state index contributed by atoms with van der Waals surface area (Å²) in [5.74, 6) is 1.56. The lowest BCUT2D eigenvalue weighted by Gasteiger charge is -2.34. The molecule has 0 bridgehead atoms. The van der Waals surface area contributed by atoms with E-state index in [-0.39, 0.29) is 38.1 Å². The molecule has 332 valence electrons. The quantitative estimate of drug-likeness (QED) is 0.108. The zero-order valence-electron chi connectivity index (χ0n) is 41.7. The van der Waals surface area contributed by atoms with Gasteiger partial charge in [0.15, 0.2) is 17.2 Å². The standard InChI is InChI=1S/C56H86O3P/c1-19-51(7,8)40-30-38-32-47(55(15,16)23-5)49(36-43(38)45(34-40)53(11,12)21-3)58-60(57,42-28-26-25-27-29-42)59-50-37-44-39(33-48(50)56(17,18)24-6)31-41(52(9,10)20-2)35-46(44)54(13,14)22-4/h30-37,42,57H,19-29H2,1-18H3/q+1. The molecule has 3 nitrogen and oxygen atoms in total. The molecular formula is C56H86O3P+. The molecule has 0 spiro atoms. The van der Waals surface area contributed by atoms with Gasteiger partial charge < -0.3 is 0 Å². The summed E-state index contributed by atoms with van der Waals surface area (Å²) >= 11 is 0. The summed E-state index contributed by atoms with van der Waals surface area (Å²) in [6, 6.07) is 19.2. The van der Waals surface area contributed by atoms with E-state index in [0.29, 0.717) is 0 Å². The van der Waals surface area contributed by atoms with E-state index in [9.17, 15) is 4.89 Å². The maximum atomic E-state index is 13.6. The molecule has 4 aromatic rings. The summed E-state index contributed by atoms with van der Waals surface area (Å²) in [6.45, 7) is 42.0. The molecular weight excluding hydrogens is 752 g/mol. The van der Waals surface area contributed by atoms with Crippen LogP contribution in [-0.2, 0) is 32.5 Å². The fourth-order valence-electron chi connectivity index (χ4n) is 8.92. The number of hydrogen-bond donors (Lipinski definition) is 1. The Morgan fingerprint density at radius 2 is 0.750 bits per heavy atom. The van der Waals surface area contributed by atoms with Crippen LogP contribution in [0.25, 0.3) is 21.5 Å². The lowest BCUT2D eigenvalue weighted by Crippen LogP contribution is -2.27. The molecule has 5 rings (SSSR count). The molecule has 1 N–H and O–H groups in total. The number of rotatable bonds is 17. The molecule has 0 aliphatic heterocycles. The third kappa shape index (κ3) is 9.49. The minimum absolute atomic E-state index is 0.0484. The van der Waals surface area contributed by atoms with Crippen LogP contribution in [0.15, 0.2) is 48.5 Å². The zero-order valence-corrected chi connectivity index (χ0v) is 42.6. The van der Waals surface area contributed by atoms with Crippen molar-refractivity contribution in [1.82, 2.24) is 0 Å². The number of hydrogen-bond acceptors (Lipinski definition) is 3. The number of fused-ring (bicyclic) bond motifs is 2. The zero-order chi connectivity index (χ0) is 44.9. The third-order valence-electron chi connectivity index (χ3n) is 16.4. The van der Waals surface area contributed by atoms with Crippen molar-refractivity contribution in [2.45, 2.75) is 233 Å². The Morgan fingerprint density at radius 3 is 1.07 bits per heavy atom. The first-order chi connectivity index (χ1) is 27.8. The Kier molecular flexibility index (Phi) is 14.1. The van der Waals surface area contributed by atoms with Crippen LogP contribution >= 0.6 is 7.94 Å². The summed E-state index contributed by atoms with van der Waals surface area (Å²) in [7, 11) is -3.57. The van der Waals surface area contributed by atoms with Crippen LogP contribution in [0.2, 0.25) is 0 Å². The fourth-order valence-corrected chi connectivity index (χ4v) is 11.1. The molecule has 4 heteroatoms. The van der Waals surface area contributed by atoms with E-state index in [1.807, 2.05) is 0 Å². The van der Waals surface area contributed by atoms with Crippen molar-refractivity contribution < 1.29 is 13.9 Å².